The minimum Gasteiger partial charge on any atom is -0.394 e. The first-order valence-electron chi connectivity index (χ1n) is 5.47. The Labute approximate surface area is 114 Å². The van der Waals surface area contributed by atoms with Gasteiger partial charge in [0.1, 0.15) is 37.6 Å². The van der Waals surface area contributed by atoms with Crippen LogP contribution in [0, 0.1) is 0 Å². The number of rotatable bonds is 8. The third kappa shape index (κ3) is 8.24. The SMILES string of the molecule is O=C(CO)[C@H](O)[C@@H](O)CO.O=C(CO)[C@H](O)[C@@H](O)CO. The molecule has 0 aromatic rings. The fraction of sp³-hybridized carbons (Fsp3) is 0.800. The summed E-state index contributed by atoms with van der Waals surface area (Å²) in [5.74, 6) is -1.80. The molecule has 0 unspecified atom stereocenters. The molecule has 0 aromatic carbocycles. The van der Waals surface area contributed by atoms with Crippen LogP contribution in [0.2, 0.25) is 0 Å². The summed E-state index contributed by atoms with van der Waals surface area (Å²) in [6.07, 6.45) is -6.37. The van der Waals surface area contributed by atoms with Crippen LogP contribution in [-0.4, -0.2) is 103 Å². The van der Waals surface area contributed by atoms with Crippen LogP contribution in [0.4, 0.5) is 0 Å². The van der Waals surface area contributed by atoms with Crippen LogP contribution in [-0.2, 0) is 9.59 Å². The van der Waals surface area contributed by atoms with Crippen molar-refractivity contribution in [1.29, 1.82) is 0 Å². The summed E-state index contributed by atoms with van der Waals surface area (Å²) < 4.78 is 0. The molecule has 0 saturated heterocycles. The quantitative estimate of drug-likeness (QED) is 0.214. The van der Waals surface area contributed by atoms with E-state index in [9.17, 15) is 9.59 Å². The zero-order chi connectivity index (χ0) is 16.3. The lowest BCUT2D eigenvalue weighted by Crippen LogP contribution is -2.37. The first-order valence-corrected chi connectivity index (χ1v) is 5.47. The third-order valence-electron chi connectivity index (χ3n) is 2.07. The van der Waals surface area contributed by atoms with Gasteiger partial charge in [0.2, 0.25) is 0 Å². The molecule has 0 amide bonds. The molecule has 4 atom stereocenters. The largest absolute Gasteiger partial charge is 0.394 e. The zero-order valence-electron chi connectivity index (χ0n) is 10.5. The van der Waals surface area contributed by atoms with E-state index in [-0.39, 0.29) is 0 Å². The van der Waals surface area contributed by atoms with Gasteiger partial charge in [-0.25, -0.2) is 0 Å². The monoisotopic (exact) mass is 300 g/mol. The highest BCUT2D eigenvalue weighted by Crippen LogP contribution is 1.93. The molecule has 120 valence electrons. The standard InChI is InChI=1S/2C5H10O5/c2*6-1-3(8)5(10)4(9)2-7/h2*3,5-8,10H,1-2H2/t2*3-,5+/m00/s1. The van der Waals surface area contributed by atoms with Gasteiger partial charge in [-0.1, -0.05) is 0 Å². The summed E-state index contributed by atoms with van der Waals surface area (Å²) in [6, 6.07) is 0. The summed E-state index contributed by atoms with van der Waals surface area (Å²) in [5, 5.41) is 67.2. The number of carbonyl (C=O) groups is 2. The highest BCUT2D eigenvalue weighted by Gasteiger charge is 2.22. The second kappa shape index (κ2) is 11.8. The molecule has 0 radical (unpaired) electrons. The molecule has 20 heavy (non-hydrogen) atoms. The lowest BCUT2D eigenvalue weighted by Gasteiger charge is -2.11. The highest BCUT2D eigenvalue weighted by molar-refractivity contribution is 5.84. The molecule has 0 saturated carbocycles. The molecule has 0 heterocycles. The zero-order valence-corrected chi connectivity index (χ0v) is 10.5. The van der Waals surface area contributed by atoms with Gasteiger partial charge in [0.05, 0.1) is 13.2 Å². The Balaban J connectivity index is 0. The second-order valence-corrected chi connectivity index (χ2v) is 3.64. The fourth-order valence-corrected chi connectivity index (χ4v) is 0.816. The summed E-state index contributed by atoms with van der Waals surface area (Å²) in [5.41, 5.74) is 0. The topological polar surface area (TPSA) is 196 Å². The van der Waals surface area contributed by atoms with Crippen molar-refractivity contribution in [3.63, 3.8) is 0 Å². The van der Waals surface area contributed by atoms with E-state index in [4.69, 9.17) is 40.9 Å². The molecular formula is C10H20O10. The van der Waals surface area contributed by atoms with Gasteiger partial charge in [-0.2, -0.15) is 0 Å². The van der Waals surface area contributed by atoms with Gasteiger partial charge >= 0.3 is 0 Å². The Morgan fingerprint density at radius 1 is 0.650 bits per heavy atom. The van der Waals surface area contributed by atoms with E-state index < -0.39 is 62.4 Å². The number of carbonyl (C=O) groups excluding carboxylic acids is 2. The fourth-order valence-electron chi connectivity index (χ4n) is 0.816. The van der Waals surface area contributed by atoms with Crippen molar-refractivity contribution in [3.05, 3.63) is 0 Å². The average Bonchev–Trinajstić information content (AvgIpc) is 2.50. The summed E-state index contributed by atoms with van der Waals surface area (Å²) in [6.45, 7) is -3.07. The molecule has 0 fully saturated rings. The van der Waals surface area contributed by atoms with E-state index in [0.29, 0.717) is 0 Å². The van der Waals surface area contributed by atoms with Crippen LogP contribution in [0.1, 0.15) is 0 Å². The van der Waals surface area contributed by atoms with Crippen LogP contribution in [0.15, 0.2) is 0 Å². The minimum absolute atomic E-state index is 0.701. The van der Waals surface area contributed by atoms with E-state index in [1.807, 2.05) is 0 Å². The van der Waals surface area contributed by atoms with Crippen molar-refractivity contribution in [3.8, 4) is 0 Å². The van der Waals surface area contributed by atoms with Crippen molar-refractivity contribution < 1.29 is 50.4 Å². The third-order valence-corrected chi connectivity index (χ3v) is 2.07. The van der Waals surface area contributed by atoms with Gasteiger partial charge in [0.25, 0.3) is 0 Å². The Bertz CT molecular complexity index is 253. The van der Waals surface area contributed by atoms with E-state index in [0.717, 1.165) is 0 Å². The van der Waals surface area contributed by atoms with E-state index >= 15 is 0 Å². The van der Waals surface area contributed by atoms with Crippen molar-refractivity contribution in [2.24, 2.45) is 0 Å². The maximum Gasteiger partial charge on any atom is 0.189 e. The number of ketones is 2. The number of hydrogen-bond donors (Lipinski definition) is 8. The van der Waals surface area contributed by atoms with Gasteiger partial charge in [-0.3, -0.25) is 9.59 Å². The average molecular weight is 300 g/mol. The van der Waals surface area contributed by atoms with Crippen molar-refractivity contribution in [2.75, 3.05) is 26.4 Å². The minimum atomic E-state index is -1.69. The predicted octanol–water partition coefficient (Wildman–Crippen LogP) is -5.48. The van der Waals surface area contributed by atoms with Gasteiger partial charge < -0.3 is 40.9 Å². The Hall–Kier alpha value is -0.980. The molecular weight excluding hydrogens is 280 g/mol. The van der Waals surface area contributed by atoms with E-state index in [2.05, 4.69) is 0 Å². The van der Waals surface area contributed by atoms with E-state index in [1.165, 1.54) is 0 Å². The maximum absolute atomic E-state index is 10.3. The Morgan fingerprint density at radius 3 is 1.05 bits per heavy atom. The predicted molar refractivity (Wildman–Crippen MR) is 62.4 cm³/mol. The summed E-state index contributed by atoms with van der Waals surface area (Å²) in [4.78, 5) is 20.7. The number of hydrogen-bond acceptors (Lipinski definition) is 10. The van der Waals surface area contributed by atoms with Crippen molar-refractivity contribution in [2.45, 2.75) is 24.4 Å². The van der Waals surface area contributed by atoms with Gasteiger partial charge in [0, 0.05) is 0 Å². The van der Waals surface area contributed by atoms with Crippen LogP contribution < -0.4 is 0 Å². The smallest absolute Gasteiger partial charge is 0.189 e. The molecule has 0 aliphatic rings. The van der Waals surface area contributed by atoms with Gasteiger partial charge in [-0.15, -0.1) is 0 Å². The van der Waals surface area contributed by atoms with Crippen LogP contribution in [0.25, 0.3) is 0 Å². The first kappa shape index (κ1) is 21.3. The van der Waals surface area contributed by atoms with Crippen LogP contribution in [0.3, 0.4) is 0 Å². The van der Waals surface area contributed by atoms with Crippen LogP contribution >= 0.6 is 0 Å². The van der Waals surface area contributed by atoms with Gasteiger partial charge in [0.15, 0.2) is 11.6 Å². The Morgan fingerprint density at radius 2 is 0.900 bits per heavy atom. The number of Topliss-reactive ketones (excluding diaryl/α,β-unsaturated/α-hetero) is 2. The maximum atomic E-state index is 10.3. The Kier molecular flexibility index (Phi) is 12.6. The second-order valence-electron chi connectivity index (χ2n) is 3.64. The number of aliphatic hydroxyl groups excluding tert-OH is 8. The molecule has 0 aliphatic carbocycles. The van der Waals surface area contributed by atoms with Gasteiger partial charge in [-0.05, 0) is 0 Å². The van der Waals surface area contributed by atoms with Crippen molar-refractivity contribution in [1.82, 2.24) is 0 Å². The molecule has 0 rings (SSSR count). The molecule has 0 spiro atoms. The van der Waals surface area contributed by atoms with Crippen LogP contribution in [0.5, 0.6) is 0 Å². The molecule has 0 aliphatic heterocycles. The molecule has 8 N–H and O–H groups in total. The molecule has 0 bridgehead atoms. The summed E-state index contributed by atoms with van der Waals surface area (Å²) in [7, 11) is 0. The first-order chi connectivity index (χ1) is 9.26. The molecule has 10 heteroatoms. The molecule has 0 aromatic heterocycles. The highest BCUT2D eigenvalue weighted by atomic mass is 16.4. The lowest BCUT2D eigenvalue weighted by atomic mass is 10.1. The number of aliphatic hydroxyl groups is 8. The van der Waals surface area contributed by atoms with E-state index in [1.54, 1.807) is 0 Å². The normalized spacial score (nSPS) is 16.4. The van der Waals surface area contributed by atoms with Crippen molar-refractivity contribution >= 4 is 11.6 Å². The summed E-state index contributed by atoms with van der Waals surface area (Å²) >= 11 is 0. The lowest BCUT2D eigenvalue weighted by molar-refractivity contribution is -0.137. The molecule has 10 nitrogen and oxygen atoms in total.